The van der Waals surface area contributed by atoms with Gasteiger partial charge in [-0.1, -0.05) is 18.2 Å². The molecular weight excluding hydrogens is 274 g/mol. The van der Waals surface area contributed by atoms with Gasteiger partial charge in [-0.05, 0) is 31.2 Å². The van der Waals surface area contributed by atoms with E-state index < -0.39 is 10.0 Å². The van der Waals surface area contributed by atoms with Gasteiger partial charge in [0.15, 0.2) is 0 Å². The van der Waals surface area contributed by atoms with E-state index in [2.05, 4.69) is 4.98 Å². The lowest BCUT2D eigenvalue weighted by molar-refractivity contribution is 0.462. The molecule has 2 rings (SSSR count). The molecule has 2 aromatic rings. The molecule has 2 N–H and O–H groups in total. The maximum atomic E-state index is 12.5. The summed E-state index contributed by atoms with van der Waals surface area (Å²) < 4.78 is 26.2. The van der Waals surface area contributed by atoms with E-state index in [9.17, 15) is 8.42 Å². The molecule has 1 heterocycles. The summed E-state index contributed by atoms with van der Waals surface area (Å²) in [5, 5.41) is 0. The monoisotopic (exact) mass is 291 g/mol. The SMILES string of the molecule is Cc1cccc(CN(C)S(=O)(=O)c2ccccc2N)n1. The summed E-state index contributed by atoms with van der Waals surface area (Å²) in [7, 11) is -2.09. The maximum absolute atomic E-state index is 12.5. The third kappa shape index (κ3) is 2.97. The Morgan fingerprint density at radius 2 is 1.85 bits per heavy atom. The van der Waals surface area contributed by atoms with Gasteiger partial charge in [0.25, 0.3) is 0 Å². The molecule has 20 heavy (non-hydrogen) atoms. The highest BCUT2D eigenvalue weighted by molar-refractivity contribution is 7.89. The van der Waals surface area contributed by atoms with Gasteiger partial charge >= 0.3 is 0 Å². The maximum Gasteiger partial charge on any atom is 0.245 e. The highest BCUT2D eigenvalue weighted by atomic mass is 32.2. The van der Waals surface area contributed by atoms with Gasteiger partial charge in [-0.2, -0.15) is 4.31 Å². The van der Waals surface area contributed by atoms with Crippen LogP contribution in [0.25, 0.3) is 0 Å². The molecule has 0 aliphatic rings. The number of nitrogen functional groups attached to an aromatic ring is 1. The topological polar surface area (TPSA) is 76.3 Å². The van der Waals surface area contributed by atoms with E-state index in [0.717, 1.165) is 5.69 Å². The van der Waals surface area contributed by atoms with Crippen molar-refractivity contribution in [1.82, 2.24) is 9.29 Å². The summed E-state index contributed by atoms with van der Waals surface area (Å²) in [5.41, 5.74) is 7.54. The zero-order chi connectivity index (χ0) is 14.8. The van der Waals surface area contributed by atoms with Crippen LogP contribution in [0, 0.1) is 6.92 Å². The van der Waals surface area contributed by atoms with E-state index in [1.807, 2.05) is 19.1 Å². The molecule has 0 aliphatic heterocycles. The number of anilines is 1. The molecule has 0 radical (unpaired) electrons. The van der Waals surface area contributed by atoms with E-state index in [4.69, 9.17) is 5.73 Å². The van der Waals surface area contributed by atoms with Crippen molar-refractivity contribution in [2.45, 2.75) is 18.4 Å². The van der Waals surface area contributed by atoms with Crippen molar-refractivity contribution in [1.29, 1.82) is 0 Å². The van der Waals surface area contributed by atoms with Crippen LogP contribution in [0.3, 0.4) is 0 Å². The third-order valence-corrected chi connectivity index (χ3v) is 4.82. The normalized spacial score (nSPS) is 11.8. The lowest BCUT2D eigenvalue weighted by atomic mass is 10.3. The molecule has 0 atom stereocenters. The number of nitrogens with zero attached hydrogens (tertiary/aromatic N) is 2. The quantitative estimate of drug-likeness (QED) is 0.871. The smallest absolute Gasteiger partial charge is 0.245 e. The third-order valence-electron chi connectivity index (χ3n) is 2.94. The van der Waals surface area contributed by atoms with Gasteiger partial charge in [-0.15, -0.1) is 0 Å². The van der Waals surface area contributed by atoms with E-state index >= 15 is 0 Å². The van der Waals surface area contributed by atoms with E-state index in [-0.39, 0.29) is 17.1 Å². The minimum absolute atomic E-state index is 0.121. The summed E-state index contributed by atoms with van der Waals surface area (Å²) in [6, 6.07) is 12.0. The number of para-hydroxylation sites is 1. The van der Waals surface area contributed by atoms with E-state index in [1.54, 1.807) is 24.3 Å². The van der Waals surface area contributed by atoms with Crippen LogP contribution in [-0.2, 0) is 16.6 Å². The molecule has 0 aliphatic carbocycles. The Hall–Kier alpha value is -1.92. The van der Waals surface area contributed by atoms with Crippen molar-refractivity contribution in [2.24, 2.45) is 0 Å². The largest absolute Gasteiger partial charge is 0.398 e. The number of pyridine rings is 1. The van der Waals surface area contributed by atoms with Gasteiger partial charge in [0.1, 0.15) is 4.90 Å². The predicted octanol–water partition coefficient (Wildman–Crippen LogP) is 1.79. The number of hydrogen-bond donors (Lipinski definition) is 1. The Balaban J connectivity index is 2.29. The fourth-order valence-electron chi connectivity index (χ4n) is 1.88. The molecular formula is C14H17N3O2S. The number of hydrogen-bond acceptors (Lipinski definition) is 4. The Morgan fingerprint density at radius 1 is 1.15 bits per heavy atom. The fourth-order valence-corrected chi connectivity index (χ4v) is 3.14. The van der Waals surface area contributed by atoms with Gasteiger partial charge in [-0.25, -0.2) is 8.42 Å². The second-order valence-corrected chi connectivity index (χ2v) is 6.58. The first-order valence-corrected chi connectivity index (χ1v) is 7.58. The second kappa shape index (κ2) is 5.60. The minimum Gasteiger partial charge on any atom is -0.398 e. The molecule has 1 aromatic heterocycles. The first-order valence-electron chi connectivity index (χ1n) is 6.14. The molecule has 0 unspecified atom stereocenters. The van der Waals surface area contributed by atoms with Crippen molar-refractivity contribution in [3.8, 4) is 0 Å². The van der Waals surface area contributed by atoms with Crippen LogP contribution in [0.5, 0.6) is 0 Å². The average Bonchev–Trinajstić information content (AvgIpc) is 2.39. The van der Waals surface area contributed by atoms with Crippen LogP contribution in [-0.4, -0.2) is 24.8 Å². The van der Waals surface area contributed by atoms with Gasteiger partial charge < -0.3 is 5.73 Å². The van der Waals surface area contributed by atoms with Crippen molar-refractivity contribution >= 4 is 15.7 Å². The Morgan fingerprint density at radius 3 is 2.50 bits per heavy atom. The van der Waals surface area contributed by atoms with Gasteiger partial charge in [0.2, 0.25) is 10.0 Å². The predicted molar refractivity (Wildman–Crippen MR) is 78.5 cm³/mol. The van der Waals surface area contributed by atoms with Crippen molar-refractivity contribution in [3.05, 3.63) is 53.9 Å². The fraction of sp³-hybridized carbons (Fsp3) is 0.214. The first kappa shape index (κ1) is 14.5. The summed E-state index contributed by atoms with van der Waals surface area (Å²) >= 11 is 0. The summed E-state index contributed by atoms with van der Waals surface area (Å²) in [5.74, 6) is 0. The van der Waals surface area contributed by atoms with Gasteiger partial charge in [0, 0.05) is 12.7 Å². The van der Waals surface area contributed by atoms with Crippen LogP contribution < -0.4 is 5.73 Å². The van der Waals surface area contributed by atoms with Crippen molar-refractivity contribution < 1.29 is 8.42 Å². The van der Waals surface area contributed by atoms with Crippen LogP contribution in [0.2, 0.25) is 0 Å². The molecule has 0 bridgehead atoms. The van der Waals surface area contributed by atoms with E-state index in [0.29, 0.717) is 5.69 Å². The lowest BCUT2D eigenvalue weighted by Gasteiger charge is -2.18. The van der Waals surface area contributed by atoms with Crippen molar-refractivity contribution in [3.63, 3.8) is 0 Å². The summed E-state index contributed by atoms with van der Waals surface area (Å²) in [4.78, 5) is 4.43. The number of aryl methyl sites for hydroxylation is 1. The number of rotatable bonds is 4. The zero-order valence-corrected chi connectivity index (χ0v) is 12.3. The summed E-state index contributed by atoms with van der Waals surface area (Å²) in [6.45, 7) is 2.07. The van der Waals surface area contributed by atoms with Crippen LogP contribution in [0.4, 0.5) is 5.69 Å². The number of aromatic nitrogens is 1. The Labute approximate surface area is 119 Å². The molecule has 0 saturated carbocycles. The van der Waals surface area contributed by atoms with Crippen LogP contribution >= 0.6 is 0 Å². The Kier molecular flexibility index (Phi) is 4.06. The van der Waals surface area contributed by atoms with Gasteiger partial charge in [-0.3, -0.25) is 4.98 Å². The Bertz CT molecular complexity index is 714. The van der Waals surface area contributed by atoms with Gasteiger partial charge in [0.05, 0.1) is 17.9 Å². The molecule has 0 amide bonds. The van der Waals surface area contributed by atoms with Crippen LogP contribution in [0.15, 0.2) is 47.4 Å². The molecule has 1 aromatic carbocycles. The second-order valence-electron chi connectivity index (χ2n) is 4.57. The lowest BCUT2D eigenvalue weighted by Crippen LogP contribution is -2.27. The molecule has 106 valence electrons. The number of nitrogens with two attached hydrogens (primary N) is 1. The standard InChI is InChI=1S/C14H17N3O2S/c1-11-6-5-7-12(16-11)10-17(2)20(18,19)14-9-4-3-8-13(14)15/h3-9H,10,15H2,1-2H3. The molecule has 0 fully saturated rings. The molecule has 0 spiro atoms. The van der Waals surface area contributed by atoms with E-state index in [1.165, 1.54) is 17.4 Å². The molecule has 0 saturated heterocycles. The number of benzene rings is 1. The average molecular weight is 291 g/mol. The summed E-state index contributed by atoms with van der Waals surface area (Å²) in [6.07, 6.45) is 0. The highest BCUT2D eigenvalue weighted by Gasteiger charge is 2.23. The van der Waals surface area contributed by atoms with Crippen LogP contribution in [0.1, 0.15) is 11.4 Å². The first-order chi connectivity index (χ1) is 9.41. The highest BCUT2D eigenvalue weighted by Crippen LogP contribution is 2.21. The molecule has 6 heteroatoms. The van der Waals surface area contributed by atoms with Crippen molar-refractivity contribution in [2.75, 3.05) is 12.8 Å². The number of sulfonamides is 1. The minimum atomic E-state index is -3.61. The zero-order valence-electron chi connectivity index (χ0n) is 11.4. The molecule has 5 nitrogen and oxygen atoms in total.